The average molecular weight is 465 g/mol. The molecule has 4 bridgehead atoms. The average Bonchev–Trinajstić information content (AvgIpc) is 3.19. The van der Waals surface area contributed by atoms with Gasteiger partial charge in [0.05, 0.1) is 30.4 Å². The number of carbonyl (C=O) groups is 1. The van der Waals surface area contributed by atoms with Crippen molar-refractivity contribution in [3.8, 4) is 17.4 Å². The molecule has 10 nitrogen and oxygen atoms in total. The number of hydrogen-bond donors (Lipinski definition) is 2. The number of rotatable bonds is 1. The summed E-state index contributed by atoms with van der Waals surface area (Å²) < 4.78 is 11.4. The molecule has 1 amide bonds. The number of anilines is 1. The summed E-state index contributed by atoms with van der Waals surface area (Å²) in [6, 6.07) is 5.46. The van der Waals surface area contributed by atoms with E-state index in [9.17, 15) is 9.90 Å². The van der Waals surface area contributed by atoms with Crippen LogP contribution in [-0.2, 0) is 4.79 Å². The number of carbonyl (C=O) groups excluding carboxylic acids is 1. The Bertz CT molecular complexity index is 1220. The number of amides is 1. The minimum atomic E-state index is -0.0230. The van der Waals surface area contributed by atoms with Crippen LogP contribution in [0.3, 0.4) is 0 Å². The van der Waals surface area contributed by atoms with E-state index in [4.69, 9.17) is 9.47 Å². The van der Waals surface area contributed by atoms with E-state index in [1.807, 2.05) is 23.1 Å². The highest BCUT2D eigenvalue weighted by atomic mass is 16.5. The Balaban J connectivity index is 1.55. The van der Waals surface area contributed by atoms with Crippen molar-refractivity contribution in [1.82, 2.24) is 19.9 Å². The van der Waals surface area contributed by atoms with Crippen molar-refractivity contribution in [2.45, 2.75) is 25.7 Å². The Morgan fingerprint density at radius 2 is 1.91 bits per heavy atom. The van der Waals surface area contributed by atoms with E-state index in [2.05, 4.69) is 24.8 Å². The van der Waals surface area contributed by atoms with Gasteiger partial charge in [0.15, 0.2) is 17.4 Å². The molecular weight excluding hydrogens is 436 g/mol. The van der Waals surface area contributed by atoms with Gasteiger partial charge < -0.3 is 29.4 Å². The highest BCUT2D eigenvalue weighted by Gasteiger charge is 2.25. The third-order valence-electron chi connectivity index (χ3n) is 6.30. The fraction of sp³-hybridized carbons (Fsp3) is 0.417. The van der Waals surface area contributed by atoms with Gasteiger partial charge in [0.2, 0.25) is 5.91 Å². The molecule has 3 aliphatic rings. The summed E-state index contributed by atoms with van der Waals surface area (Å²) in [5, 5.41) is 11.3. The lowest BCUT2D eigenvalue weighted by Gasteiger charge is -2.35. The summed E-state index contributed by atoms with van der Waals surface area (Å²) >= 11 is 0. The van der Waals surface area contributed by atoms with Gasteiger partial charge in [0, 0.05) is 44.9 Å². The topological polar surface area (TPSA) is 116 Å². The third-order valence-corrected chi connectivity index (χ3v) is 6.30. The first-order valence-corrected chi connectivity index (χ1v) is 11.6. The highest BCUT2D eigenvalue weighted by Crippen LogP contribution is 2.34. The number of aliphatic imine (C=N–C) groups is 1. The molecule has 0 saturated carbocycles. The van der Waals surface area contributed by atoms with Crippen LogP contribution in [-0.4, -0.2) is 77.0 Å². The van der Waals surface area contributed by atoms with Crippen LogP contribution < -0.4 is 14.4 Å². The molecular formula is C24H28N6O4. The first-order chi connectivity index (χ1) is 16.6. The van der Waals surface area contributed by atoms with E-state index in [1.54, 1.807) is 13.3 Å². The zero-order chi connectivity index (χ0) is 23.5. The first-order valence-electron chi connectivity index (χ1n) is 11.6. The molecule has 178 valence electrons. The number of nitrogens with zero attached hydrogens (tertiary/aromatic N) is 5. The number of hydrogen-bond acceptors (Lipinski definition) is 8. The van der Waals surface area contributed by atoms with Crippen molar-refractivity contribution in [1.29, 1.82) is 0 Å². The Morgan fingerprint density at radius 3 is 2.74 bits per heavy atom. The fourth-order valence-corrected chi connectivity index (χ4v) is 4.44. The largest absolute Gasteiger partial charge is 0.494 e. The van der Waals surface area contributed by atoms with Crippen LogP contribution in [0.25, 0.3) is 11.0 Å². The number of fused-ring (bicyclic) bond motifs is 8. The molecule has 2 N–H and O–H groups in total. The molecule has 3 aliphatic heterocycles. The highest BCUT2D eigenvalue weighted by molar-refractivity contribution is 6.06. The molecule has 34 heavy (non-hydrogen) atoms. The Hall–Kier alpha value is -3.82. The lowest BCUT2D eigenvalue weighted by atomic mass is 10.1. The van der Waals surface area contributed by atoms with Gasteiger partial charge in [-0.15, -0.1) is 0 Å². The molecule has 2 aromatic heterocycles. The van der Waals surface area contributed by atoms with Gasteiger partial charge >= 0.3 is 0 Å². The monoisotopic (exact) mass is 464 g/mol. The summed E-state index contributed by atoms with van der Waals surface area (Å²) in [6.45, 7) is 3.13. The van der Waals surface area contributed by atoms with Crippen molar-refractivity contribution in [3.63, 3.8) is 0 Å². The van der Waals surface area contributed by atoms with E-state index in [0.717, 1.165) is 19.3 Å². The lowest BCUT2D eigenvalue weighted by Crippen LogP contribution is -2.49. The van der Waals surface area contributed by atoms with Crippen molar-refractivity contribution in [3.05, 3.63) is 30.1 Å². The molecule has 5 heterocycles. The number of methoxy groups -OCH3 is 1. The molecule has 0 unspecified atom stereocenters. The molecule has 1 aromatic carbocycles. The molecule has 0 aliphatic carbocycles. The normalized spacial score (nSPS) is 17.3. The van der Waals surface area contributed by atoms with Crippen LogP contribution in [0, 0.1) is 0 Å². The molecule has 1 fully saturated rings. The van der Waals surface area contributed by atoms with Gasteiger partial charge in [0.1, 0.15) is 17.8 Å². The minimum Gasteiger partial charge on any atom is -0.494 e. The van der Waals surface area contributed by atoms with Crippen LogP contribution in [0.2, 0.25) is 0 Å². The van der Waals surface area contributed by atoms with Gasteiger partial charge in [-0.3, -0.25) is 9.79 Å². The summed E-state index contributed by atoms with van der Waals surface area (Å²) in [5.41, 5.74) is 1.72. The maximum Gasteiger partial charge on any atom is 0.222 e. The number of nitrogens with one attached hydrogen (secondary N) is 1. The van der Waals surface area contributed by atoms with Crippen molar-refractivity contribution in [2.75, 3.05) is 44.8 Å². The molecule has 1 saturated heterocycles. The van der Waals surface area contributed by atoms with E-state index < -0.39 is 0 Å². The van der Waals surface area contributed by atoms with Gasteiger partial charge in [-0.2, -0.15) is 0 Å². The van der Waals surface area contributed by atoms with Crippen LogP contribution in [0.15, 0.2) is 29.5 Å². The lowest BCUT2D eigenvalue weighted by molar-refractivity contribution is -0.131. The van der Waals surface area contributed by atoms with Gasteiger partial charge in [-0.25, -0.2) is 9.97 Å². The van der Waals surface area contributed by atoms with Crippen LogP contribution in [0.4, 0.5) is 11.5 Å². The second kappa shape index (κ2) is 9.58. The zero-order valence-corrected chi connectivity index (χ0v) is 19.2. The number of aromatic amines is 1. The second-order valence-electron chi connectivity index (χ2n) is 8.43. The zero-order valence-electron chi connectivity index (χ0n) is 19.2. The van der Waals surface area contributed by atoms with Crippen LogP contribution in [0.1, 0.15) is 31.2 Å². The third kappa shape index (κ3) is 4.35. The quantitative estimate of drug-likeness (QED) is 0.569. The number of aromatic hydroxyl groups is 1. The van der Waals surface area contributed by atoms with Gasteiger partial charge in [-0.05, 0) is 31.4 Å². The Morgan fingerprint density at radius 1 is 1.09 bits per heavy atom. The predicted octanol–water partition coefficient (Wildman–Crippen LogP) is 3.02. The van der Waals surface area contributed by atoms with Crippen molar-refractivity contribution in [2.24, 2.45) is 4.99 Å². The maximum atomic E-state index is 12.7. The summed E-state index contributed by atoms with van der Waals surface area (Å²) in [5.74, 6) is 2.11. The standard InChI is InChI=1S/C24H28N6O4/c1-33-18-7-6-16-13-19(18)34-12-4-2-3-5-20(31)29-8-10-30(11-9-29)23-21-17(14-25-16)24(32)28-22(21)26-15-27-23/h6-7,13-15,32H,2-5,8-12H2,1H3,(H,26,27,28). The maximum absolute atomic E-state index is 12.7. The number of ether oxygens (including phenoxy) is 2. The smallest absolute Gasteiger partial charge is 0.222 e. The molecule has 3 aromatic rings. The second-order valence-corrected chi connectivity index (χ2v) is 8.43. The minimum absolute atomic E-state index is 0.0230. The van der Waals surface area contributed by atoms with E-state index >= 15 is 0 Å². The molecule has 10 heteroatoms. The van der Waals surface area contributed by atoms with Gasteiger partial charge in [-0.1, -0.05) is 0 Å². The van der Waals surface area contributed by atoms with Crippen LogP contribution >= 0.6 is 0 Å². The SMILES string of the molecule is COc1ccc2cc1OCCCCCC(=O)N1CCN(CC1)c1ncnc3[nH]c(O)c(c13)C=N2. The van der Waals surface area contributed by atoms with Crippen LogP contribution in [0.5, 0.6) is 17.4 Å². The Labute approximate surface area is 197 Å². The number of piperazine rings is 1. The fourth-order valence-electron chi connectivity index (χ4n) is 4.44. The first kappa shape index (κ1) is 22.0. The van der Waals surface area contributed by atoms with Gasteiger partial charge in [0.25, 0.3) is 0 Å². The summed E-state index contributed by atoms with van der Waals surface area (Å²) in [7, 11) is 1.60. The van der Waals surface area contributed by atoms with E-state index in [-0.39, 0.29) is 11.8 Å². The number of H-pyrrole nitrogens is 1. The molecule has 0 atom stereocenters. The molecule has 0 radical (unpaired) electrons. The van der Waals surface area contributed by atoms with Crippen molar-refractivity contribution < 1.29 is 19.4 Å². The van der Waals surface area contributed by atoms with E-state index in [0.29, 0.717) is 78.8 Å². The van der Waals surface area contributed by atoms with E-state index in [1.165, 1.54) is 6.33 Å². The Kier molecular flexibility index (Phi) is 6.20. The molecule has 6 rings (SSSR count). The number of benzene rings is 1. The molecule has 0 spiro atoms. The predicted molar refractivity (Wildman–Crippen MR) is 129 cm³/mol. The summed E-state index contributed by atoms with van der Waals surface area (Å²) in [4.78, 5) is 33.1. The van der Waals surface area contributed by atoms with Crippen molar-refractivity contribution >= 4 is 34.7 Å². The summed E-state index contributed by atoms with van der Waals surface area (Å²) in [6.07, 6.45) is 6.23. The number of aromatic nitrogens is 3.